The maximum atomic E-state index is 12.9. The molecule has 1 aliphatic carbocycles. The lowest BCUT2D eigenvalue weighted by atomic mass is 9.83. The average Bonchev–Trinajstić information content (AvgIpc) is 2.47. The lowest BCUT2D eigenvalue weighted by molar-refractivity contribution is 0.571. The van der Waals surface area contributed by atoms with Crippen molar-refractivity contribution in [3.8, 4) is 0 Å². The van der Waals surface area contributed by atoms with Gasteiger partial charge >= 0.3 is 0 Å². The summed E-state index contributed by atoms with van der Waals surface area (Å²) in [6.07, 6.45) is 3.68. The Morgan fingerprint density at radius 3 is 2.68 bits per heavy atom. The van der Waals surface area contributed by atoms with Crippen molar-refractivity contribution < 1.29 is 4.39 Å². The maximum Gasteiger partial charge on any atom is 0.123 e. The van der Waals surface area contributed by atoms with Crippen LogP contribution in [0.2, 0.25) is 0 Å². The molecule has 1 unspecified atom stereocenters. The molecular weight excluding hydrogens is 237 g/mol. The summed E-state index contributed by atoms with van der Waals surface area (Å²) in [5.41, 5.74) is 3.95. The maximum absolute atomic E-state index is 12.9. The molecule has 0 saturated carbocycles. The van der Waals surface area contributed by atoms with Gasteiger partial charge in [-0.05, 0) is 54.7 Å². The summed E-state index contributed by atoms with van der Waals surface area (Å²) in [6.45, 7) is 0.919. The zero-order valence-electron chi connectivity index (χ0n) is 10.9. The van der Waals surface area contributed by atoms with E-state index in [9.17, 15) is 4.39 Å². The minimum Gasteiger partial charge on any atom is -0.384 e. The SMILES string of the molecule is Fc1ccc(NCC2CCCc3ccccc32)cc1. The molecule has 0 fully saturated rings. The van der Waals surface area contributed by atoms with E-state index in [2.05, 4.69) is 29.6 Å². The minimum absolute atomic E-state index is 0.187. The average molecular weight is 255 g/mol. The topological polar surface area (TPSA) is 12.0 Å². The van der Waals surface area contributed by atoms with E-state index in [1.165, 1.54) is 42.5 Å². The Balaban J connectivity index is 1.69. The molecule has 0 aliphatic heterocycles. The van der Waals surface area contributed by atoms with Crippen molar-refractivity contribution in [2.24, 2.45) is 0 Å². The van der Waals surface area contributed by atoms with Crippen LogP contribution in [0.25, 0.3) is 0 Å². The number of hydrogen-bond acceptors (Lipinski definition) is 1. The van der Waals surface area contributed by atoms with E-state index in [0.29, 0.717) is 5.92 Å². The Labute approximate surface area is 113 Å². The van der Waals surface area contributed by atoms with E-state index < -0.39 is 0 Å². The van der Waals surface area contributed by atoms with Gasteiger partial charge in [-0.15, -0.1) is 0 Å². The van der Waals surface area contributed by atoms with Crippen molar-refractivity contribution >= 4 is 5.69 Å². The van der Waals surface area contributed by atoms with Crippen molar-refractivity contribution in [1.82, 2.24) is 0 Å². The highest BCUT2D eigenvalue weighted by molar-refractivity contribution is 5.44. The molecule has 1 nitrogen and oxygen atoms in total. The van der Waals surface area contributed by atoms with Crippen molar-refractivity contribution in [1.29, 1.82) is 0 Å². The van der Waals surface area contributed by atoms with Crippen LogP contribution in [0.15, 0.2) is 48.5 Å². The van der Waals surface area contributed by atoms with E-state index in [1.54, 1.807) is 12.1 Å². The number of benzene rings is 2. The van der Waals surface area contributed by atoms with E-state index in [0.717, 1.165) is 12.2 Å². The minimum atomic E-state index is -0.187. The summed E-state index contributed by atoms with van der Waals surface area (Å²) in [7, 11) is 0. The van der Waals surface area contributed by atoms with Crippen molar-refractivity contribution in [3.05, 3.63) is 65.5 Å². The number of nitrogens with one attached hydrogen (secondary N) is 1. The van der Waals surface area contributed by atoms with Crippen LogP contribution in [-0.4, -0.2) is 6.54 Å². The first kappa shape index (κ1) is 12.2. The van der Waals surface area contributed by atoms with E-state index in [1.807, 2.05) is 0 Å². The Kier molecular flexibility index (Phi) is 3.49. The van der Waals surface area contributed by atoms with E-state index >= 15 is 0 Å². The normalized spacial score (nSPS) is 17.8. The molecule has 98 valence electrons. The molecule has 2 heteroatoms. The second-order valence-corrected chi connectivity index (χ2v) is 5.18. The van der Waals surface area contributed by atoms with Gasteiger partial charge in [0.15, 0.2) is 0 Å². The highest BCUT2D eigenvalue weighted by Crippen LogP contribution is 2.31. The van der Waals surface area contributed by atoms with Crippen LogP contribution in [0.3, 0.4) is 0 Å². The summed E-state index contributed by atoms with van der Waals surface area (Å²) in [4.78, 5) is 0. The lowest BCUT2D eigenvalue weighted by Gasteiger charge is -2.26. The van der Waals surface area contributed by atoms with Crippen LogP contribution in [0.4, 0.5) is 10.1 Å². The molecule has 0 bridgehead atoms. The molecule has 0 radical (unpaired) electrons. The molecule has 1 aliphatic rings. The molecule has 1 atom stereocenters. The van der Waals surface area contributed by atoms with E-state index in [4.69, 9.17) is 0 Å². The summed E-state index contributed by atoms with van der Waals surface area (Å²) in [6, 6.07) is 15.3. The Morgan fingerprint density at radius 1 is 1.05 bits per heavy atom. The number of fused-ring (bicyclic) bond motifs is 1. The zero-order chi connectivity index (χ0) is 13.1. The van der Waals surface area contributed by atoms with Gasteiger partial charge < -0.3 is 5.32 Å². The quantitative estimate of drug-likeness (QED) is 0.859. The fourth-order valence-electron chi connectivity index (χ4n) is 2.88. The Hall–Kier alpha value is -1.83. The molecule has 0 spiro atoms. The Bertz CT molecular complexity index is 547. The van der Waals surface area contributed by atoms with Crippen LogP contribution in [-0.2, 0) is 6.42 Å². The van der Waals surface area contributed by atoms with Crippen molar-refractivity contribution in [3.63, 3.8) is 0 Å². The summed E-state index contributed by atoms with van der Waals surface area (Å²) < 4.78 is 12.9. The van der Waals surface area contributed by atoms with Gasteiger partial charge in [0.2, 0.25) is 0 Å². The van der Waals surface area contributed by atoms with Crippen LogP contribution < -0.4 is 5.32 Å². The van der Waals surface area contributed by atoms with Gasteiger partial charge in [-0.2, -0.15) is 0 Å². The monoisotopic (exact) mass is 255 g/mol. The highest BCUT2D eigenvalue weighted by atomic mass is 19.1. The number of rotatable bonds is 3. The summed E-state index contributed by atoms with van der Waals surface area (Å²) in [5.74, 6) is 0.378. The first-order chi connectivity index (χ1) is 9.33. The van der Waals surface area contributed by atoms with E-state index in [-0.39, 0.29) is 5.82 Å². The van der Waals surface area contributed by atoms with Crippen molar-refractivity contribution in [2.75, 3.05) is 11.9 Å². The number of anilines is 1. The molecule has 0 aromatic heterocycles. The smallest absolute Gasteiger partial charge is 0.123 e. The second kappa shape index (κ2) is 5.43. The molecule has 2 aromatic carbocycles. The standard InChI is InChI=1S/C17H18FN/c18-15-8-10-16(11-9-15)19-12-14-6-3-5-13-4-1-2-7-17(13)14/h1-2,4,7-11,14,19H,3,5-6,12H2. The van der Waals surface area contributed by atoms with Gasteiger partial charge in [-0.1, -0.05) is 24.3 Å². The molecule has 2 aromatic rings. The van der Waals surface area contributed by atoms with Crippen LogP contribution >= 0.6 is 0 Å². The zero-order valence-corrected chi connectivity index (χ0v) is 10.9. The molecular formula is C17H18FN. The van der Waals surface area contributed by atoms with Gasteiger partial charge in [-0.25, -0.2) is 4.39 Å². The third-order valence-corrected chi connectivity index (χ3v) is 3.89. The van der Waals surface area contributed by atoms with Gasteiger partial charge in [0, 0.05) is 18.2 Å². The molecule has 19 heavy (non-hydrogen) atoms. The lowest BCUT2D eigenvalue weighted by Crippen LogP contribution is -2.18. The number of halogens is 1. The molecule has 0 saturated heterocycles. The Morgan fingerprint density at radius 2 is 1.84 bits per heavy atom. The largest absolute Gasteiger partial charge is 0.384 e. The van der Waals surface area contributed by atoms with Gasteiger partial charge in [0.05, 0.1) is 0 Å². The molecule has 0 heterocycles. The van der Waals surface area contributed by atoms with Crippen LogP contribution in [0, 0.1) is 5.82 Å². The fourth-order valence-corrected chi connectivity index (χ4v) is 2.88. The molecule has 0 amide bonds. The first-order valence-corrected chi connectivity index (χ1v) is 6.90. The predicted molar refractivity (Wildman–Crippen MR) is 77.0 cm³/mol. The fraction of sp³-hybridized carbons (Fsp3) is 0.294. The van der Waals surface area contributed by atoms with Gasteiger partial charge in [-0.3, -0.25) is 0 Å². The van der Waals surface area contributed by atoms with Crippen LogP contribution in [0.1, 0.15) is 29.9 Å². The number of aryl methyl sites for hydroxylation is 1. The number of hydrogen-bond donors (Lipinski definition) is 1. The summed E-state index contributed by atoms with van der Waals surface area (Å²) in [5, 5.41) is 3.42. The first-order valence-electron chi connectivity index (χ1n) is 6.90. The van der Waals surface area contributed by atoms with Crippen molar-refractivity contribution in [2.45, 2.75) is 25.2 Å². The highest BCUT2D eigenvalue weighted by Gasteiger charge is 2.19. The second-order valence-electron chi connectivity index (χ2n) is 5.18. The third kappa shape index (κ3) is 2.78. The third-order valence-electron chi connectivity index (χ3n) is 3.89. The summed E-state index contributed by atoms with van der Waals surface area (Å²) >= 11 is 0. The predicted octanol–water partition coefficient (Wildman–Crippen LogP) is 4.36. The molecule has 1 N–H and O–H groups in total. The van der Waals surface area contributed by atoms with Crippen LogP contribution in [0.5, 0.6) is 0 Å². The molecule has 3 rings (SSSR count). The van der Waals surface area contributed by atoms with Gasteiger partial charge in [0.25, 0.3) is 0 Å². The van der Waals surface area contributed by atoms with Gasteiger partial charge in [0.1, 0.15) is 5.82 Å².